The van der Waals surface area contributed by atoms with E-state index in [0.29, 0.717) is 12.8 Å². The van der Waals surface area contributed by atoms with Gasteiger partial charge in [-0.1, -0.05) is 6.42 Å². The van der Waals surface area contributed by atoms with Crippen molar-refractivity contribution in [3.05, 3.63) is 28.5 Å². The standard InChI is InChI=1S/C13H16BrFN2O3S/c1-16-13(18)12-4-2-3-7-17(12)21(19,20)9-5-6-10(14)11(15)8-9/h5-6,8,12H,2-4,7H2,1H3,(H,16,18). The lowest BCUT2D eigenvalue weighted by Crippen LogP contribution is -2.51. The second-order valence-electron chi connectivity index (χ2n) is 4.82. The summed E-state index contributed by atoms with van der Waals surface area (Å²) in [5.74, 6) is -0.986. The Morgan fingerprint density at radius 3 is 2.76 bits per heavy atom. The summed E-state index contributed by atoms with van der Waals surface area (Å²) in [5, 5.41) is 2.48. The number of sulfonamides is 1. The number of amides is 1. The molecule has 5 nitrogen and oxygen atoms in total. The van der Waals surface area contributed by atoms with Gasteiger partial charge in [0.05, 0.1) is 9.37 Å². The highest BCUT2D eigenvalue weighted by Gasteiger charge is 2.37. The number of rotatable bonds is 3. The quantitative estimate of drug-likeness (QED) is 0.872. The lowest BCUT2D eigenvalue weighted by molar-refractivity contribution is -0.125. The van der Waals surface area contributed by atoms with Crippen molar-refractivity contribution in [3.63, 3.8) is 0 Å². The van der Waals surface area contributed by atoms with Crippen LogP contribution in [0, 0.1) is 5.82 Å². The van der Waals surface area contributed by atoms with Crippen LogP contribution in [0.25, 0.3) is 0 Å². The van der Waals surface area contributed by atoms with Crippen LogP contribution in [0.3, 0.4) is 0 Å². The zero-order valence-electron chi connectivity index (χ0n) is 11.5. The van der Waals surface area contributed by atoms with Crippen molar-refractivity contribution in [2.45, 2.75) is 30.2 Å². The van der Waals surface area contributed by atoms with Crippen molar-refractivity contribution in [3.8, 4) is 0 Å². The molecule has 1 aromatic carbocycles. The molecule has 1 heterocycles. The van der Waals surface area contributed by atoms with Crippen molar-refractivity contribution >= 4 is 31.9 Å². The van der Waals surface area contributed by atoms with Gasteiger partial charge in [0.2, 0.25) is 15.9 Å². The minimum atomic E-state index is -3.89. The summed E-state index contributed by atoms with van der Waals surface area (Å²) in [6, 6.07) is 2.91. The van der Waals surface area contributed by atoms with E-state index in [1.165, 1.54) is 19.2 Å². The first-order valence-corrected chi connectivity index (χ1v) is 8.79. The molecule has 21 heavy (non-hydrogen) atoms. The number of hydrogen-bond donors (Lipinski definition) is 1. The molecule has 1 atom stereocenters. The first kappa shape index (κ1) is 16.4. The van der Waals surface area contributed by atoms with Gasteiger partial charge in [-0.3, -0.25) is 4.79 Å². The summed E-state index contributed by atoms with van der Waals surface area (Å²) in [5.41, 5.74) is 0. The summed E-state index contributed by atoms with van der Waals surface area (Å²) in [6.07, 6.45) is 1.95. The second kappa shape index (κ2) is 6.41. The number of piperidine rings is 1. The highest BCUT2D eigenvalue weighted by Crippen LogP contribution is 2.27. The van der Waals surface area contributed by atoms with Crippen LogP contribution in [-0.4, -0.2) is 38.3 Å². The van der Waals surface area contributed by atoms with Gasteiger partial charge in [-0.25, -0.2) is 12.8 Å². The largest absolute Gasteiger partial charge is 0.358 e. The topological polar surface area (TPSA) is 66.5 Å². The molecule has 8 heteroatoms. The molecule has 0 aliphatic carbocycles. The highest BCUT2D eigenvalue weighted by atomic mass is 79.9. The van der Waals surface area contributed by atoms with E-state index in [0.717, 1.165) is 16.8 Å². The van der Waals surface area contributed by atoms with Crippen LogP contribution < -0.4 is 5.32 Å². The fraction of sp³-hybridized carbons (Fsp3) is 0.462. The van der Waals surface area contributed by atoms with Crippen LogP contribution in [0.5, 0.6) is 0 Å². The number of carbonyl (C=O) groups is 1. The van der Waals surface area contributed by atoms with Crippen molar-refractivity contribution in [1.82, 2.24) is 9.62 Å². The average molecular weight is 379 g/mol. The lowest BCUT2D eigenvalue weighted by Gasteiger charge is -2.33. The predicted molar refractivity (Wildman–Crippen MR) is 79.7 cm³/mol. The zero-order valence-corrected chi connectivity index (χ0v) is 13.9. The normalized spacial score (nSPS) is 20.2. The number of hydrogen-bond acceptors (Lipinski definition) is 3. The molecule has 0 bridgehead atoms. The molecular weight excluding hydrogens is 363 g/mol. The van der Waals surface area contributed by atoms with Gasteiger partial charge in [0.1, 0.15) is 11.9 Å². The molecule has 0 spiro atoms. The lowest BCUT2D eigenvalue weighted by atomic mass is 10.0. The Balaban J connectivity index is 2.40. The molecule has 1 unspecified atom stereocenters. The van der Waals surface area contributed by atoms with Gasteiger partial charge in [-0.05, 0) is 47.0 Å². The van der Waals surface area contributed by atoms with Crippen LogP contribution in [0.1, 0.15) is 19.3 Å². The maximum atomic E-state index is 13.6. The maximum Gasteiger partial charge on any atom is 0.243 e. The molecule has 0 radical (unpaired) electrons. The average Bonchev–Trinajstić information content (AvgIpc) is 2.49. The van der Waals surface area contributed by atoms with E-state index in [9.17, 15) is 17.6 Å². The number of carbonyl (C=O) groups excluding carboxylic acids is 1. The molecule has 1 aliphatic rings. The number of likely N-dealkylation sites (N-methyl/N-ethyl adjacent to an activating group) is 1. The monoisotopic (exact) mass is 378 g/mol. The van der Waals surface area contributed by atoms with Crippen LogP contribution in [0.15, 0.2) is 27.6 Å². The number of halogens is 2. The van der Waals surface area contributed by atoms with Crippen molar-refractivity contribution < 1.29 is 17.6 Å². The summed E-state index contributed by atoms with van der Waals surface area (Å²) < 4.78 is 40.2. The molecule has 2 rings (SSSR count). The third-order valence-corrected chi connectivity index (χ3v) is 6.05. The molecule has 0 aromatic heterocycles. The summed E-state index contributed by atoms with van der Waals surface area (Å²) in [6.45, 7) is 0.262. The highest BCUT2D eigenvalue weighted by molar-refractivity contribution is 9.10. The number of nitrogens with zero attached hydrogens (tertiary/aromatic N) is 1. The van der Waals surface area contributed by atoms with Crippen LogP contribution in [0.4, 0.5) is 4.39 Å². The van der Waals surface area contributed by atoms with Crippen molar-refractivity contribution in [2.24, 2.45) is 0 Å². The van der Waals surface area contributed by atoms with E-state index < -0.39 is 21.9 Å². The second-order valence-corrected chi connectivity index (χ2v) is 7.56. The predicted octanol–water partition coefficient (Wildman–Crippen LogP) is 1.88. The molecule has 1 N–H and O–H groups in total. The van der Waals surface area contributed by atoms with Crippen molar-refractivity contribution in [1.29, 1.82) is 0 Å². The van der Waals surface area contributed by atoms with E-state index in [4.69, 9.17) is 0 Å². The first-order valence-electron chi connectivity index (χ1n) is 6.56. The Kier molecular flexibility index (Phi) is 5.00. The molecule has 1 aliphatic heterocycles. The molecule has 116 valence electrons. The van der Waals surface area contributed by atoms with E-state index in [2.05, 4.69) is 21.2 Å². The van der Waals surface area contributed by atoms with E-state index in [-0.39, 0.29) is 21.8 Å². The van der Waals surface area contributed by atoms with E-state index in [1.807, 2.05) is 0 Å². The van der Waals surface area contributed by atoms with Crippen molar-refractivity contribution in [2.75, 3.05) is 13.6 Å². The van der Waals surface area contributed by atoms with Gasteiger partial charge >= 0.3 is 0 Å². The fourth-order valence-corrected chi connectivity index (χ4v) is 4.31. The van der Waals surface area contributed by atoms with Crippen LogP contribution >= 0.6 is 15.9 Å². The van der Waals surface area contributed by atoms with Gasteiger partial charge < -0.3 is 5.32 Å². The van der Waals surface area contributed by atoms with Gasteiger partial charge in [0.25, 0.3) is 0 Å². The Morgan fingerprint density at radius 1 is 1.43 bits per heavy atom. The third kappa shape index (κ3) is 3.27. The fourth-order valence-electron chi connectivity index (χ4n) is 2.39. The summed E-state index contributed by atoms with van der Waals surface area (Å²) in [4.78, 5) is 11.7. The SMILES string of the molecule is CNC(=O)C1CCCCN1S(=O)(=O)c1ccc(Br)c(F)c1. The number of benzene rings is 1. The summed E-state index contributed by atoms with van der Waals surface area (Å²) >= 11 is 2.99. The Hall–Kier alpha value is -0.990. The maximum absolute atomic E-state index is 13.6. The summed E-state index contributed by atoms with van der Waals surface area (Å²) in [7, 11) is -2.42. The van der Waals surface area contributed by atoms with Gasteiger partial charge in [-0.15, -0.1) is 0 Å². The molecule has 1 aromatic rings. The molecule has 1 amide bonds. The Labute approximate surface area is 131 Å². The van der Waals surface area contributed by atoms with E-state index in [1.54, 1.807) is 0 Å². The van der Waals surface area contributed by atoms with Crippen LogP contribution in [-0.2, 0) is 14.8 Å². The minimum Gasteiger partial charge on any atom is -0.358 e. The Bertz CT molecular complexity index is 651. The van der Waals surface area contributed by atoms with Gasteiger partial charge in [0.15, 0.2) is 0 Å². The van der Waals surface area contributed by atoms with Gasteiger partial charge in [0, 0.05) is 13.6 Å². The first-order chi connectivity index (χ1) is 9.87. The minimum absolute atomic E-state index is 0.140. The molecule has 1 fully saturated rings. The van der Waals surface area contributed by atoms with E-state index >= 15 is 0 Å². The molecular formula is C13H16BrFN2O3S. The zero-order chi connectivity index (χ0) is 15.6. The number of nitrogens with one attached hydrogen (secondary N) is 1. The molecule has 0 saturated carbocycles. The molecule has 1 saturated heterocycles. The van der Waals surface area contributed by atoms with Gasteiger partial charge in [-0.2, -0.15) is 4.31 Å². The smallest absolute Gasteiger partial charge is 0.243 e. The Morgan fingerprint density at radius 2 is 2.14 bits per heavy atom. The van der Waals surface area contributed by atoms with Crippen LogP contribution in [0.2, 0.25) is 0 Å². The third-order valence-electron chi connectivity index (χ3n) is 3.50.